The molecule has 1 aromatic heterocycles. The molecule has 0 spiro atoms. The van der Waals surface area contributed by atoms with E-state index in [9.17, 15) is 13.2 Å². The second kappa shape index (κ2) is 5.53. The number of carbonyl (C=O) groups is 1. The lowest BCUT2D eigenvalue weighted by molar-refractivity contribution is 0.0696. The number of aromatic nitrogens is 1. The molecule has 2 aromatic rings. The molecule has 0 fully saturated rings. The molecule has 0 saturated carbocycles. The van der Waals surface area contributed by atoms with Gasteiger partial charge in [-0.05, 0) is 49.2 Å². The summed E-state index contributed by atoms with van der Waals surface area (Å²) >= 11 is 0. The number of carboxylic acid groups (broad SMARTS) is 1. The van der Waals surface area contributed by atoms with Crippen molar-refractivity contribution in [1.29, 1.82) is 0 Å². The Morgan fingerprint density at radius 3 is 2.24 bits per heavy atom. The molecule has 0 amide bonds. The van der Waals surface area contributed by atoms with Gasteiger partial charge in [-0.1, -0.05) is 6.07 Å². The van der Waals surface area contributed by atoms with Gasteiger partial charge in [0.2, 0.25) is 0 Å². The Hall–Kier alpha value is -2.41. The highest BCUT2D eigenvalue weighted by Gasteiger charge is 2.17. The van der Waals surface area contributed by atoms with Gasteiger partial charge in [-0.2, -0.15) is 8.42 Å². The first-order chi connectivity index (χ1) is 9.78. The molecule has 0 saturated heterocycles. The number of aryl methyl sites for hydroxylation is 2. The van der Waals surface area contributed by atoms with Gasteiger partial charge in [0.15, 0.2) is 5.03 Å². The lowest BCUT2D eigenvalue weighted by Crippen LogP contribution is -2.15. The van der Waals surface area contributed by atoms with Crippen LogP contribution in [-0.2, 0) is 10.0 Å². The minimum atomic E-state index is -3.84. The molecule has 0 aliphatic carbocycles. The molecular weight excluding hydrogens is 292 g/mol. The molecular formula is C14H14N2O4S. The Bertz CT molecular complexity index is 763. The SMILES string of the molecule is Cc1cc(C)cc(NS(=O)(=O)c2ccc(C(=O)O)cn2)c1. The van der Waals surface area contributed by atoms with Crippen LogP contribution in [0.2, 0.25) is 0 Å². The fraction of sp³-hybridized carbons (Fsp3) is 0.143. The smallest absolute Gasteiger partial charge is 0.337 e. The van der Waals surface area contributed by atoms with Crippen LogP contribution < -0.4 is 4.72 Å². The number of benzene rings is 1. The molecule has 2 N–H and O–H groups in total. The van der Waals surface area contributed by atoms with E-state index in [1.54, 1.807) is 12.1 Å². The lowest BCUT2D eigenvalue weighted by Gasteiger charge is -2.09. The number of nitrogens with one attached hydrogen (secondary N) is 1. The third-order valence-electron chi connectivity index (χ3n) is 2.73. The van der Waals surface area contributed by atoms with E-state index >= 15 is 0 Å². The third-order valence-corrected chi connectivity index (χ3v) is 4.03. The minimum Gasteiger partial charge on any atom is -0.478 e. The molecule has 110 valence electrons. The van der Waals surface area contributed by atoms with Crippen LogP contribution in [0.1, 0.15) is 21.5 Å². The van der Waals surface area contributed by atoms with Crippen molar-refractivity contribution in [3.8, 4) is 0 Å². The maximum Gasteiger partial charge on any atom is 0.337 e. The first-order valence-corrected chi connectivity index (χ1v) is 7.57. The van der Waals surface area contributed by atoms with Crippen LogP contribution in [0.25, 0.3) is 0 Å². The zero-order chi connectivity index (χ0) is 15.6. The number of rotatable bonds is 4. The Labute approximate surface area is 122 Å². The highest BCUT2D eigenvalue weighted by atomic mass is 32.2. The van der Waals surface area contributed by atoms with E-state index in [1.165, 1.54) is 6.07 Å². The first kappa shape index (κ1) is 15.0. The van der Waals surface area contributed by atoms with E-state index < -0.39 is 16.0 Å². The van der Waals surface area contributed by atoms with Crippen molar-refractivity contribution in [2.75, 3.05) is 4.72 Å². The summed E-state index contributed by atoms with van der Waals surface area (Å²) in [7, 11) is -3.84. The monoisotopic (exact) mass is 306 g/mol. The topological polar surface area (TPSA) is 96.4 Å². The van der Waals surface area contributed by atoms with Gasteiger partial charge in [0.1, 0.15) is 0 Å². The van der Waals surface area contributed by atoms with Crippen LogP contribution in [0, 0.1) is 13.8 Å². The van der Waals surface area contributed by atoms with E-state index in [2.05, 4.69) is 9.71 Å². The zero-order valence-electron chi connectivity index (χ0n) is 11.5. The van der Waals surface area contributed by atoms with Crippen LogP contribution in [-0.4, -0.2) is 24.5 Å². The van der Waals surface area contributed by atoms with Gasteiger partial charge < -0.3 is 5.11 Å². The van der Waals surface area contributed by atoms with Crippen molar-refractivity contribution in [2.45, 2.75) is 18.9 Å². The summed E-state index contributed by atoms with van der Waals surface area (Å²) in [6.07, 6.45) is 1.01. The first-order valence-electron chi connectivity index (χ1n) is 6.08. The third kappa shape index (κ3) is 3.57. The summed E-state index contributed by atoms with van der Waals surface area (Å²) in [6.45, 7) is 3.73. The lowest BCUT2D eigenvalue weighted by atomic mass is 10.1. The van der Waals surface area contributed by atoms with E-state index in [0.29, 0.717) is 5.69 Å². The molecule has 0 aliphatic heterocycles. The summed E-state index contributed by atoms with van der Waals surface area (Å²) in [6, 6.07) is 7.70. The molecule has 6 nitrogen and oxygen atoms in total. The Kier molecular flexibility index (Phi) is 3.95. The molecule has 1 aromatic carbocycles. The van der Waals surface area contributed by atoms with Gasteiger partial charge in [0.25, 0.3) is 10.0 Å². The molecule has 0 unspecified atom stereocenters. The zero-order valence-corrected chi connectivity index (χ0v) is 12.3. The second-order valence-corrected chi connectivity index (χ2v) is 6.30. The quantitative estimate of drug-likeness (QED) is 0.902. The van der Waals surface area contributed by atoms with Crippen LogP contribution >= 0.6 is 0 Å². The van der Waals surface area contributed by atoms with E-state index in [-0.39, 0.29) is 10.6 Å². The summed E-state index contributed by atoms with van der Waals surface area (Å²) in [5.41, 5.74) is 2.24. The number of anilines is 1. The van der Waals surface area contributed by atoms with Gasteiger partial charge in [0.05, 0.1) is 5.56 Å². The van der Waals surface area contributed by atoms with Crippen LogP contribution in [0.4, 0.5) is 5.69 Å². The Balaban J connectivity index is 2.31. The molecule has 0 atom stereocenters. The number of pyridine rings is 1. The summed E-state index contributed by atoms with van der Waals surface area (Å²) < 4.78 is 26.8. The fourth-order valence-corrected chi connectivity index (χ4v) is 2.88. The van der Waals surface area contributed by atoms with E-state index in [1.807, 2.05) is 19.9 Å². The molecule has 0 bridgehead atoms. The van der Waals surface area contributed by atoms with Crippen molar-refractivity contribution in [3.05, 3.63) is 53.2 Å². The van der Waals surface area contributed by atoms with Crippen molar-refractivity contribution in [3.63, 3.8) is 0 Å². The summed E-state index contributed by atoms with van der Waals surface area (Å²) in [5, 5.41) is 8.54. The summed E-state index contributed by atoms with van der Waals surface area (Å²) in [4.78, 5) is 14.4. The minimum absolute atomic E-state index is 0.0691. The van der Waals surface area contributed by atoms with E-state index in [0.717, 1.165) is 23.4 Å². The average Bonchev–Trinajstić information content (AvgIpc) is 2.37. The number of nitrogens with zero attached hydrogens (tertiary/aromatic N) is 1. The molecule has 0 aliphatic rings. The van der Waals surface area contributed by atoms with Gasteiger partial charge in [-0.15, -0.1) is 0 Å². The normalized spacial score (nSPS) is 11.1. The number of aromatic carboxylic acids is 1. The second-order valence-electron chi connectivity index (χ2n) is 4.67. The maximum atomic E-state index is 12.2. The van der Waals surface area contributed by atoms with Gasteiger partial charge >= 0.3 is 5.97 Å². The number of sulfonamides is 1. The van der Waals surface area contributed by atoms with Crippen molar-refractivity contribution < 1.29 is 18.3 Å². The van der Waals surface area contributed by atoms with Crippen molar-refractivity contribution in [2.24, 2.45) is 0 Å². The number of hydrogen-bond donors (Lipinski definition) is 2. The molecule has 0 radical (unpaired) electrons. The Morgan fingerprint density at radius 1 is 1.14 bits per heavy atom. The fourth-order valence-electron chi connectivity index (χ4n) is 1.91. The standard InChI is InChI=1S/C14H14N2O4S/c1-9-5-10(2)7-12(6-9)16-21(19,20)13-4-3-11(8-15-13)14(17)18/h3-8,16H,1-2H3,(H,17,18). The predicted octanol–water partition coefficient (Wildman–Crippen LogP) is 2.20. The highest BCUT2D eigenvalue weighted by molar-refractivity contribution is 7.92. The molecule has 1 heterocycles. The molecule has 2 rings (SSSR count). The maximum absolute atomic E-state index is 12.2. The van der Waals surface area contributed by atoms with Crippen LogP contribution in [0.5, 0.6) is 0 Å². The van der Waals surface area contributed by atoms with Gasteiger partial charge in [-0.3, -0.25) is 4.72 Å². The van der Waals surface area contributed by atoms with Crippen LogP contribution in [0.15, 0.2) is 41.6 Å². The van der Waals surface area contributed by atoms with E-state index in [4.69, 9.17) is 5.11 Å². The number of hydrogen-bond acceptors (Lipinski definition) is 4. The highest BCUT2D eigenvalue weighted by Crippen LogP contribution is 2.18. The van der Waals surface area contributed by atoms with Crippen LogP contribution in [0.3, 0.4) is 0 Å². The Morgan fingerprint density at radius 2 is 1.76 bits per heavy atom. The van der Waals surface area contributed by atoms with Crippen molar-refractivity contribution in [1.82, 2.24) is 4.98 Å². The average molecular weight is 306 g/mol. The molecule has 21 heavy (non-hydrogen) atoms. The summed E-state index contributed by atoms with van der Waals surface area (Å²) in [5.74, 6) is -1.16. The largest absolute Gasteiger partial charge is 0.478 e. The number of carboxylic acids is 1. The predicted molar refractivity (Wildman–Crippen MR) is 77.9 cm³/mol. The van der Waals surface area contributed by atoms with Gasteiger partial charge in [0, 0.05) is 11.9 Å². The van der Waals surface area contributed by atoms with Gasteiger partial charge in [-0.25, -0.2) is 9.78 Å². The molecule has 7 heteroatoms. The van der Waals surface area contributed by atoms with Crippen molar-refractivity contribution >= 4 is 21.7 Å².